The van der Waals surface area contributed by atoms with Crippen LogP contribution >= 0.6 is 39.0 Å². The van der Waals surface area contributed by atoms with E-state index in [2.05, 4.69) is 27.0 Å². The lowest BCUT2D eigenvalue weighted by molar-refractivity contribution is 0.0531. The van der Waals surface area contributed by atoms with E-state index in [0.29, 0.717) is 33.0 Å². The molecular weight excluding hydrogens is 476 g/mol. The Morgan fingerprint density at radius 3 is 2.86 bits per heavy atom. The molecule has 0 spiro atoms. The number of carbonyl (C=O) groups is 1. The maximum absolute atomic E-state index is 12.9. The minimum atomic E-state index is -0.509. The first-order chi connectivity index (χ1) is 13.9. The predicted octanol–water partition coefficient (Wildman–Crippen LogP) is 4.16. The third kappa shape index (κ3) is 4.17. The van der Waals surface area contributed by atoms with Gasteiger partial charge in [-0.1, -0.05) is 27.7 Å². The molecule has 0 fully saturated rings. The molecule has 0 amide bonds. The number of hydrogen-bond donors (Lipinski definition) is 1. The Morgan fingerprint density at radius 1 is 1.45 bits per heavy atom. The van der Waals surface area contributed by atoms with Crippen molar-refractivity contribution in [1.82, 2.24) is 9.55 Å². The van der Waals surface area contributed by atoms with Gasteiger partial charge in [-0.3, -0.25) is 9.36 Å². The van der Waals surface area contributed by atoms with Crippen LogP contribution in [-0.4, -0.2) is 22.1 Å². The van der Waals surface area contributed by atoms with Crippen LogP contribution in [0, 0.1) is 11.3 Å². The molecule has 2 N–H and O–H groups in total. The standard InChI is InChI=1S/C19H17BrN4O3S2/c1-3-24-17(25)11-7-10(20)5-6-14(11)23-19(24)28-9-13-12(8-21)16(22)29-15(13)18(26)27-4-2/h5-7H,3-4,9,22H2,1-2H3. The van der Waals surface area contributed by atoms with Gasteiger partial charge in [-0.25, -0.2) is 9.78 Å². The number of benzene rings is 1. The van der Waals surface area contributed by atoms with Crippen LogP contribution in [0.15, 0.2) is 32.6 Å². The van der Waals surface area contributed by atoms with Crippen LogP contribution in [-0.2, 0) is 17.0 Å². The van der Waals surface area contributed by atoms with Gasteiger partial charge in [0.1, 0.15) is 15.9 Å². The maximum Gasteiger partial charge on any atom is 0.348 e. The molecule has 3 rings (SSSR count). The number of hydrogen-bond acceptors (Lipinski definition) is 8. The van der Waals surface area contributed by atoms with Crippen LogP contribution < -0.4 is 11.3 Å². The number of esters is 1. The molecule has 0 aliphatic heterocycles. The second-order valence-corrected chi connectivity index (χ2v) is 8.79. The number of halogens is 1. The molecule has 10 heteroatoms. The Morgan fingerprint density at radius 2 is 2.21 bits per heavy atom. The van der Waals surface area contributed by atoms with Crippen molar-refractivity contribution < 1.29 is 9.53 Å². The molecule has 150 valence electrons. The first-order valence-corrected chi connectivity index (χ1v) is 11.3. The molecular formula is C19H17BrN4O3S2. The molecule has 0 aliphatic rings. The monoisotopic (exact) mass is 492 g/mol. The zero-order valence-electron chi connectivity index (χ0n) is 15.7. The molecule has 0 atom stereocenters. The molecule has 2 aromatic heterocycles. The highest BCUT2D eigenvalue weighted by atomic mass is 79.9. The van der Waals surface area contributed by atoms with E-state index in [1.165, 1.54) is 11.8 Å². The van der Waals surface area contributed by atoms with E-state index < -0.39 is 5.97 Å². The maximum atomic E-state index is 12.9. The van der Waals surface area contributed by atoms with Crippen LogP contribution in [0.3, 0.4) is 0 Å². The first-order valence-electron chi connectivity index (χ1n) is 8.72. The van der Waals surface area contributed by atoms with Gasteiger partial charge < -0.3 is 10.5 Å². The van der Waals surface area contributed by atoms with Crippen LogP contribution in [0.25, 0.3) is 10.9 Å². The van der Waals surface area contributed by atoms with Crippen LogP contribution in [0.2, 0.25) is 0 Å². The SMILES string of the molecule is CCOC(=O)c1sc(N)c(C#N)c1CSc1nc2ccc(Br)cc2c(=O)n1CC. The van der Waals surface area contributed by atoms with Crippen molar-refractivity contribution in [3.8, 4) is 6.07 Å². The molecule has 29 heavy (non-hydrogen) atoms. The smallest absolute Gasteiger partial charge is 0.348 e. The average molecular weight is 493 g/mol. The quantitative estimate of drug-likeness (QED) is 0.312. The summed E-state index contributed by atoms with van der Waals surface area (Å²) >= 11 is 5.70. The van der Waals surface area contributed by atoms with Crippen molar-refractivity contribution in [2.45, 2.75) is 31.3 Å². The number of carbonyl (C=O) groups excluding carboxylic acids is 1. The van der Waals surface area contributed by atoms with E-state index in [9.17, 15) is 14.9 Å². The number of thiophene rings is 1. The Labute approximate surface area is 183 Å². The number of anilines is 1. The highest BCUT2D eigenvalue weighted by Crippen LogP contribution is 2.35. The highest BCUT2D eigenvalue weighted by molar-refractivity contribution is 9.10. The summed E-state index contributed by atoms with van der Waals surface area (Å²) in [5, 5.41) is 10.8. The highest BCUT2D eigenvalue weighted by Gasteiger charge is 2.23. The molecule has 1 aromatic carbocycles. The molecule has 0 radical (unpaired) electrons. The fraction of sp³-hybridized carbons (Fsp3) is 0.263. The lowest BCUT2D eigenvalue weighted by atomic mass is 10.2. The van der Waals surface area contributed by atoms with Crippen LogP contribution in [0.1, 0.15) is 34.6 Å². The van der Waals surface area contributed by atoms with Crippen molar-refractivity contribution in [2.24, 2.45) is 0 Å². The van der Waals surface area contributed by atoms with Crippen molar-refractivity contribution >= 4 is 60.9 Å². The molecule has 7 nitrogen and oxygen atoms in total. The lowest BCUT2D eigenvalue weighted by Gasteiger charge is -2.12. The van der Waals surface area contributed by atoms with E-state index in [1.807, 2.05) is 13.0 Å². The normalized spacial score (nSPS) is 10.8. The van der Waals surface area contributed by atoms with Crippen LogP contribution in [0.5, 0.6) is 0 Å². The summed E-state index contributed by atoms with van der Waals surface area (Å²) in [6.07, 6.45) is 0. The summed E-state index contributed by atoms with van der Waals surface area (Å²) in [4.78, 5) is 30.1. The van der Waals surface area contributed by atoms with Crippen LogP contribution in [0.4, 0.5) is 5.00 Å². The summed E-state index contributed by atoms with van der Waals surface area (Å²) in [7, 11) is 0. The predicted molar refractivity (Wildman–Crippen MR) is 118 cm³/mol. The van der Waals surface area contributed by atoms with E-state index in [-0.39, 0.29) is 28.5 Å². The minimum Gasteiger partial charge on any atom is -0.462 e. The fourth-order valence-electron chi connectivity index (χ4n) is 2.81. The molecule has 0 unspecified atom stereocenters. The van der Waals surface area contributed by atoms with Crippen molar-refractivity contribution in [2.75, 3.05) is 12.3 Å². The largest absolute Gasteiger partial charge is 0.462 e. The summed E-state index contributed by atoms with van der Waals surface area (Å²) in [6.45, 7) is 4.25. The number of rotatable bonds is 6. The zero-order valence-corrected chi connectivity index (χ0v) is 18.9. The number of nitriles is 1. The molecule has 0 saturated heterocycles. The van der Waals surface area contributed by atoms with E-state index in [4.69, 9.17) is 10.5 Å². The Hall–Kier alpha value is -2.35. The first kappa shape index (κ1) is 21.4. The van der Waals surface area contributed by atoms with Gasteiger partial charge in [-0.2, -0.15) is 5.26 Å². The summed E-state index contributed by atoms with van der Waals surface area (Å²) in [5.74, 6) is -0.246. The van der Waals surface area contributed by atoms with Gasteiger partial charge in [0.2, 0.25) is 0 Å². The summed E-state index contributed by atoms with van der Waals surface area (Å²) < 4.78 is 7.47. The number of ether oxygens (including phenoxy) is 1. The summed E-state index contributed by atoms with van der Waals surface area (Å²) in [6, 6.07) is 7.41. The molecule has 0 aliphatic carbocycles. The Bertz CT molecular complexity index is 1200. The van der Waals surface area contributed by atoms with Crippen molar-refractivity contribution in [3.05, 3.63) is 49.0 Å². The molecule has 3 aromatic rings. The Kier molecular flexibility index (Phi) is 6.62. The second kappa shape index (κ2) is 8.98. The number of nitrogen functional groups attached to an aromatic ring is 1. The van der Waals surface area contributed by atoms with Gasteiger partial charge in [0.05, 0.1) is 23.1 Å². The third-order valence-electron chi connectivity index (χ3n) is 4.15. The van der Waals surface area contributed by atoms with E-state index in [1.54, 1.807) is 23.6 Å². The van der Waals surface area contributed by atoms with Gasteiger partial charge in [-0.05, 0) is 32.0 Å². The van der Waals surface area contributed by atoms with Crippen molar-refractivity contribution in [3.63, 3.8) is 0 Å². The van der Waals surface area contributed by atoms with Gasteiger partial charge in [0.15, 0.2) is 5.16 Å². The fourth-order valence-corrected chi connectivity index (χ4v) is 5.28. The van der Waals surface area contributed by atoms with Gasteiger partial charge in [0, 0.05) is 22.3 Å². The van der Waals surface area contributed by atoms with Gasteiger partial charge >= 0.3 is 5.97 Å². The topological polar surface area (TPSA) is 111 Å². The second-order valence-electron chi connectivity index (χ2n) is 5.88. The summed E-state index contributed by atoms with van der Waals surface area (Å²) in [5.41, 5.74) is 7.14. The van der Waals surface area contributed by atoms with Gasteiger partial charge in [-0.15, -0.1) is 11.3 Å². The number of aromatic nitrogens is 2. The van der Waals surface area contributed by atoms with Crippen molar-refractivity contribution in [1.29, 1.82) is 5.26 Å². The number of nitrogens with zero attached hydrogens (tertiary/aromatic N) is 3. The average Bonchev–Trinajstić information content (AvgIpc) is 3.02. The number of fused-ring (bicyclic) bond motifs is 1. The third-order valence-corrected chi connectivity index (χ3v) is 6.69. The zero-order chi connectivity index (χ0) is 21.1. The molecule has 0 bridgehead atoms. The lowest BCUT2D eigenvalue weighted by Crippen LogP contribution is -2.22. The van der Waals surface area contributed by atoms with E-state index in [0.717, 1.165) is 15.8 Å². The minimum absolute atomic E-state index is 0.141. The number of thioether (sulfide) groups is 1. The molecule has 0 saturated carbocycles. The number of nitrogens with two attached hydrogens (primary N) is 1. The van der Waals surface area contributed by atoms with Gasteiger partial charge in [0.25, 0.3) is 5.56 Å². The molecule has 2 heterocycles. The van der Waals surface area contributed by atoms with E-state index >= 15 is 0 Å². The Balaban J connectivity index is 2.03.